The molecule has 2 heteroatoms. The minimum atomic E-state index is 1.09. The van der Waals surface area contributed by atoms with Crippen molar-refractivity contribution in [3.05, 3.63) is 323 Å². The second kappa shape index (κ2) is 20.4. The fourth-order valence-corrected chi connectivity index (χ4v) is 11.5. The Kier molecular flexibility index (Phi) is 12.5. The van der Waals surface area contributed by atoms with Crippen molar-refractivity contribution in [3.63, 3.8) is 0 Å². The van der Waals surface area contributed by atoms with Crippen LogP contribution in [-0.2, 0) is 0 Å². The van der Waals surface area contributed by atoms with Gasteiger partial charge in [0, 0.05) is 33.5 Å². The molecule has 2 nitrogen and oxygen atoms in total. The van der Waals surface area contributed by atoms with Crippen molar-refractivity contribution in [2.45, 2.75) is 27.7 Å². The SMILES string of the molecule is Cc1ccc(C(=Cc2ccc(N(c3ccccc3)c3ccc4c5ccc(N(c6ccccc6)c6ccc(C=C(c7ccc(C)cc7)c7ccc(C)cc7)cc6)c6cccc(c7cccc3c74)c65)cc2)c2ccc(C)cc2)cc1. The van der Waals surface area contributed by atoms with Gasteiger partial charge in [-0.3, -0.25) is 0 Å². The standard InChI is InChI=1S/C76H58N2/c1-51-21-33-57(34-22-51)71(58-35-23-52(2)24-36-58)49-55-29-41-63(42-30-55)77(61-13-7-5-8-14-61)73-47-45-67-68-46-48-74(70-20-12-18-66(76(68)70)65-17-11-19-69(73)75(65)67)78(62-15-9-6-10-16-62)64-43-31-56(32-44-64)50-72(59-37-25-53(3)26-38-59)60-39-27-54(4)28-40-60/h5-50H,1-4H3. The number of hydrogen-bond donors (Lipinski definition) is 0. The minimum absolute atomic E-state index is 1.09. The Bertz CT molecular complexity index is 3930. The van der Waals surface area contributed by atoms with E-state index in [4.69, 9.17) is 0 Å². The molecule has 0 saturated carbocycles. The highest BCUT2D eigenvalue weighted by atomic mass is 15.1. The summed E-state index contributed by atoms with van der Waals surface area (Å²) in [5, 5.41) is 9.92. The van der Waals surface area contributed by atoms with Gasteiger partial charge >= 0.3 is 0 Å². The Hall–Kier alpha value is -9.76. The van der Waals surface area contributed by atoms with Crippen molar-refractivity contribution >= 4 is 101 Å². The average Bonchev–Trinajstić information content (AvgIpc) is 3.55. The third-order valence-electron chi connectivity index (χ3n) is 15.5. The van der Waals surface area contributed by atoms with E-state index in [1.54, 1.807) is 0 Å². The number of aryl methyl sites for hydroxylation is 4. The molecular weight excluding hydrogens is 941 g/mol. The zero-order valence-corrected chi connectivity index (χ0v) is 44.5. The molecule has 0 aliphatic rings. The van der Waals surface area contributed by atoms with Gasteiger partial charge in [0.15, 0.2) is 0 Å². The molecule has 0 aliphatic heterocycles. The molecule has 0 radical (unpaired) electrons. The fraction of sp³-hybridized carbons (Fsp3) is 0.0526. The zero-order chi connectivity index (χ0) is 52.7. The highest BCUT2D eigenvalue weighted by Crippen LogP contribution is 2.49. The van der Waals surface area contributed by atoms with E-state index in [1.807, 2.05) is 0 Å². The van der Waals surface area contributed by atoms with Crippen molar-refractivity contribution in [2.75, 3.05) is 9.80 Å². The van der Waals surface area contributed by atoms with Gasteiger partial charge in [0.1, 0.15) is 0 Å². The summed E-state index contributed by atoms with van der Waals surface area (Å²) in [6.45, 7) is 8.57. The molecule has 0 fully saturated rings. The molecule has 0 heterocycles. The summed E-state index contributed by atoms with van der Waals surface area (Å²) < 4.78 is 0. The van der Waals surface area contributed by atoms with Crippen molar-refractivity contribution in [2.24, 2.45) is 0 Å². The maximum Gasteiger partial charge on any atom is 0.0540 e. The third-order valence-corrected chi connectivity index (χ3v) is 15.5. The first-order valence-electron chi connectivity index (χ1n) is 27.1. The van der Waals surface area contributed by atoms with E-state index in [-0.39, 0.29) is 0 Å². The first kappa shape index (κ1) is 47.9. The normalized spacial score (nSPS) is 11.3. The summed E-state index contributed by atoms with van der Waals surface area (Å²) >= 11 is 0. The number of anilines is 6. The van der Waals surface area contributed by atoms with E-state index < -0.39 is 0 Å². The quantitative estimate of drug-likeness (QED) is 0.0684. The van der Waals surface area contributed by atoms with Gasteiger partial charge in [-0.25, -0.2) is 0 Å². The first-order chi connectivity index (χ1) is 38.3. The molecule has 78 heavy (non-hydrogen) atoms. The van der Waals surface area contributed by atoms with Gasteiger partial charge < -0.3 is 9.80 Å². The Morgan fingerprint density at radius 1 is 0.244 bits per heavy atom. The third kappa shape index (κ3) is 9.08. The number of rotatable bonds is 12. The summed E-state index contributed by atoms with van der Waals surface area (Å²) in [6, 6.07) is 98.2. The van der Waals surface area contributed by atoms with Crippen LogP contribution in [0.25, 0.3) is 66.4 Å². The van der Waals surface area contributed by atoms with Gasteiger partial charge in [-0.15, -0.1) is 0 Å². The molecule has 13 rings (SSSR count). The molecule has 0 aromatic heterocycles. The van der Waals surface area contributed by atoms with Gasteiger partial charge in [0.2, 0.25) is 0 Å². The van der Waals surface area contributed by atoms with Crippen molar-refractivity contribution < 1.29 is 0 Å². The van der Waals surface area contributed by atoms with Crippen LogP contribution >= 0.6 is 0 Å². The fourth-order valence-electron chi connectivity index (χ4n) is 11.5. The lowest BCUT2D eigenvalue weighted by Gasteiger charge is -2.29. The van der Waals surface area contributed by atoms with Gasteiger partial charge in [-0.1, -0.05) is 229 Å². The van der Waals surface area contributed by atoms with Crippen LogP contribution in [0.15, 0.2) is 267 Å². The van der Waals surface area contributed by atoms with E-state index >= 15 is 0 Å². The Labute approximate surface area is 458 Å². The lowest BCUT2D eigenvalue weighted by Crippen LogP contribution is -2.11. The summed E-state index contributed by atoms with van der Waals surface area (Å²) in [7, 11) is 0. The minimum Gasteiger partial charge on any atom is -0.310 e. The molecule has 0 amide bonds. The smallest absolute Gasteiger partial charge is 0.0540 e. The topological polar surface area (TPSA) is 6.48 Å². The lowest BCUT2D eigenvalue weighted by molar-refractivity contribution is 1.30. The van der Waals surface area contributed by atoms with Crippen LogP contribution in [0.2, 0.25) is 0 Å². The maximum absolute atomic E-state index is 2.42. The van der Waals surface area contributed by atoms with E-state index in [0.717, 1.165) is 45.3 Å². The first-order valence-corrected chi connectivity index (χ1v) is 27.1. The molecule has 13 aromatic rings. The van der Waals surface area contributed by atoms with E-state index in [0.29, 0.717) is 0 Å². The summed E-state index contributed by atoms with van der Waals surface area (Å²) in [6.07, 6.45) is 4.64. The van der Waals surface area contributed by atoms with Crippen LogP contribution in [0.3, 0.4) is 0 Å². The molecule has 0 unspecified atom stereocenters. The monoisotopic (exact) mass is 998 g/mol. The highest BCUT2D eigenvalue weighted by molar-refractivity contribution is 6.35. The van der Waals surface area contributed by atoms with Crippen molar-refractivity contribution in [1.82, 2.24) is 0 Å². The predicted octanol–water partition coefficient (Wildman–Crippen LogP) is 21.1. The van der Waals surface area contributed by atoms with Crippen LogP contribution in [0.5, 0.6) is 0 Å². The lowest BCUT2D eigenvalue weighted by atomic mass is 9.88. The Morgan fingerprint density at radius 3 is 0.846 bits per heavy atom. The van der Waals surface area contributed by atoms with Gasteiger partial charge in [0.25, 0.3) is 0 Å². The number of hydrogen-bond acceptors (Lipinski definition) is 2. The molecule has 0 bridgehead atoms. The van der Waals surface area contributed by atoms with Crippen LogP contribution < -0.4 is 9.80 Å². The van der Waals surface area contributed by atoms with Gasteiger partial charge in [-0.05, 0) is 177 Å². The number of para-hydroxylation sites is 2. The highest BCUT2D eigenvalue weighted by Gasteiger charge is 2.23. The van der Waals surface area contributed by atoms with Crippen molar-refractivity contribution in [1.29, 1.82) is 0 Å². The summed E-state index contributed by atoms with van der Waals surface area (Å²) in [4.78, 5) is 4.84. The van der Waals surface area contributed by atoms with Crippen LogP contribution in [0.1, 0.15) is 55.6 Å². The van der Waals surface area contributed by atoms with E-state index in [1.165, 1.54) is 98.7 Å². The van der Waals surface area contributed by atoms with E-state index in [2.05, 4.69) is 317 Å². The predicted molar refractivity (Wildman–Crippen MR) is 336 cm³/mol. The maximum atomic E-state index is 2.42. The number of fused-ring (bicyclic) bond motifs is 2. The molecule has 0 N–H and O–H groups in total. The molecular formula is C76H58N2. The number of nitrogens with zero attached hydrogens (tertiary/aromatic N) is 2. The Balaban J connectivity index is 0.915. The largest absolute Gasteiger partial charge is 0.310 e. The van der Waals surface area contributed by atoms with E-state index in [9.17, 15) is 0 Å². The molecule has 0 spiro atoms. The Morgan fingerprint density at radius 2 is 0.526 bits per heavy atom. The second-order valence-electron chi connectivity index (χ2n) is 20.8. The molecule has 0 atom stereocenters. The zero-order valence-electron chi connectivity index (χ0n) is 44.5. The molecule has 0 aliphatic carbocycles. The molecule has 13 aromatic carbocycles. The second-order valence-corrected chi connectivity index (χ2v) is 20.8. The van der Waals surface area contributed by atoms with Crippen LogP contribution in [0.4, 0.5) is 34.1 Å². The summed E-state index contributed by atoms with van der Waals surface area (Å²) in [5.74, 6) is 0. The number of benzene rings is 13. The molecule has 372 valence electrons. The van der Waals surface area contributed by atoms with Gasteiger partial charge in [-0.2, -0.15) is 0 Å². The van der Waals surface area contributed by atoms with Crippen LogP contribution in [-0.4, -0.2) is 0 Å². The van der Waals surface area contributed by atoms with Crippen molar-refractivity contribution in [3.8, 4) is 0 Å². The average molecular weight is 999 g/mol. The summed E-state index contributed by atoms with van der Waals surface area (Å²) in [5.41, 5.74) is 21.2. The molecule has 0 saturated heterocycles. The van der Waals surface area contributed by atoms with Gasteiger partial charge in [0.05, 0.1) is 11.4 Å². The van der Waals surface area contributed by atoms with Crippen LogP contribution in [0, 0.1) is 27.7 Å².